The highest BCUT2D eigenvalue weighted by Gasteiger charge is 2.78. The maximum atomic E-state index is 15.1. The van der Waals surface area contributed by atoms with E-state index in [2.05, 4.69) is 49.4 Å². The van der Waals surface area contributed by atoms with E-state index in [4.69, 9.17) is 9.84 Å². The fraction of sp³-hybridized carbons (Fsp3) is 0.587. The van der Waals surface area contributed by atoms with Gasteiger partial charge in [0.15, 0.2) is 0 Å². The molecule has 0 bridgehead atoms. The largest absolute Gasteiger partial charge is 0.373 e. The lowest BCUT2D eigenvalue weighted by molar-refractivity contribution is -0.140. The number of aromatic amines is 1. The number of carbonyl (C=O) groups excluding carboxylic acids is 3. The third-order valence-corrected chi connectivity index (χ3v) is 15.9. The number of H-pyrrole nitrogens is 1. The van der Waals surface area contributed by atoms with Crippen LogP contribution in [0.4, 0.5) is 20.3 Å². The number of nitrogens with one attached hydrogen (secondary N) is 2. The number of carbonyl (C=O) groups is 3. The van der Waals surface area contributed by atoms with Crippen LogP contribution in [0.1, 0.15) is 100 Å². The van der Waals surface area contributed by atoms with Crippen LogP contribution in [0.2, 0.25) is 0 Å². The number of rotatable bonds is 6. The van der Waals surface area contributed by atoms with Gasteiger partial charge in [-0.1, -0.05) is 19.1 Å². The second-order valence-corrected chi connectivity index (χ2v) is 19.2. The van der Waals surface area contributed by atoms with E-state index in [0.717, 1.165) is 115 Å². The molecule has 5 saturated heterocycles. The summed E-state index contributed by atoms with van der Waals surface area (Å²) in [6.07, 6.45) is 8.87. The van der Waals surface area contributed by atoms with Crippen molar-refractivity contribution in [1.82, 2.24) is 30.0 Å². The van der Waals surface area contributed by atoms with Crippen molar-refractivity contribution in [1.29, 1.82) is 0 Å². The van der Waals surface area contributed by atoms with Crippen LogP contribution in [0.25, 0.3) is 22.3 Å². The summed E-state index contributed by atoms with van der Waals surface area (Å²) in [5, 5.41) is 20.4. The number of anilines is 2. The number of imide groups is 1. The topological polar surface area (TPSA) is 149 Å². The highest BCUT2D eigenvalue weighted by molar-refractivity contribution is 6.01. The molecule has 1 saturated carbocycles. The van der Waals surface area contributed by atoms with Crippen LogP contribution in [-0.2, 0) is 32.0 Å². The van der Waals surface area contributed by atoms with Crippen molar-refractivity contribution in [2.75, 3.05) is 49.1 Å². The van der Waals surface area contributed by atoms with Gasteiger partial charge in [-0.15, -0.1) is 0 Å². The molecule has 322 valence electrons. The first-order chi connectivity index (χ1) is 29.4. The highest BCUT2D eigenvalue weighted by Crippen LogP contribution is 2.71. The van der Waals surface area contributed by atoms with Crippen LogP contribution >= 0.6 is 0 Å². The van der Waals surface area contributed by atoms with Gasteiger partial charge in [0.25, 0.3) is 5.92 Å². The predicted octanol–water partition coefficient (Wildman–Crippen LogP) is 6.07. The zero-order chi connectivity index (χ0) is 41.8. The first-order valence-electron chi connectivity index (χ1n) is 22.4. The number of piperidine rings is 3. The SMILES string of the molecule is C[C@@]12Cc3c(c(-c4cc5ccc(N6CCC7(CCN(C(=O)C8CCN(c9ccc(C%10CCC(=O)NC%10=O)cn9)CC8)CC7)C6O)cc5[nH]4)nn3C3CCCCO3)C[C@@H]1C2(F)F. The minimum Gasteiger partial charge on any atom is -0.373 e. The zero-order valence-electron chi connectivity index (χ0n) is 34.7. The predicted molar refractivity (Wildman–Crippen MR) is 223 cm³/mol. The Hall–Kier alpha value is -4.89. The van der Waals surface area contributed by atoms with Crippen molar-refractivity contribution in [3.8, 4) is 11.4 Å². The van der Waals surface area contributed by atoms with Gasteiger partial charge in [0.2, 0.25) is 17.7 Å². The number of alkyl halides is 2. The molecule has 7 aliphatic rings. The molecule has 4 aromatic rings. The number of hydrogen-bond donors (Lipinski definition) is 3. The number of hydrogen-bond acceptors (Lipinski definition) is 9. The number of likely N-dealkylation sites (tertiary alicyclic amines) is 1. The number of amides is 3. The second-order valence-electron chi connectivity index (χ2n) is 19.2. The maximum absolute atomic E-state index is 15.1. The summed E-state index contributed by atoms with van der Waals surface area (Å²) < 4.78 is 38.2. The summed E-state index contributed by atoms with van der Waals surface area (Å²) in [5.41, 5.74) is 4.63. The minimum atomic E-state index is -2.69. The Morgan fingerprint density at radius 1 is 0.967 bits per heavy atom. The number of benzene rings is 1. The molecule has 2 aliphatic carbocycles. The van der Waals surface area contributed by atoms with Crippen molar-refractivity contribution in [3.05, 3.63) is 59.4 Å². The summed E-state index contributed by atoms with van der Waals surface area (Å²) >= 11 is 0. The van der Waals surface area contributed by atoms with Gasteiger partial charge in [-0.3, -0.25) is 19.7 Å². The highest BCUT2D eigenvalue weighted by atomic mass is 19.3. The molecule has 11 rings (SSSR count). The molecule has 3 amide bonds. The Morgan fingerprint density at radius 3 is 2.51 bits per heavy atom. The van der Waals surface area contributed by atoms with Gasteiger partial charge >= 0.3 is 0 Å². The van der Waals surface area contributed by atoms with Crippen LogP contribution in [0, 0.1) is 22.7 Å². The Balaban J connectivity index is 0.728. The number of aliphatic hydroxyl groups is 1. The Morgan fingerprint density at radius 2 is 1.77 bits per heavy atom. The summed E-state index contributed by atoms with van der Waals surface area (Å²) in [7, 11) is 0. The molecule has 3 N–H and O–H groups in total. The standard InChI is InChI=1S/C46H54F2N8O5/c1-44-25-35-32(24-36(44)46(44,47)48)40(52-56(35)39-4-2-3-21-61-39)34-22-28-5-7-30(23-33(28)50-34)55-20-15-45(43(55)60)13-18-54(19-14-45)42(59)27-11-16-53(17-12-27)37-9-6-29(26-49-37)31-8-10-38(57)51-41(31)58/h5-7,9,22-23,26-27,31,36,39,43,50,60H,2-4,8,10-21,24-25H2,1H3,(H,51,57,58)/t31?,36-,39?,43?,44+/m0/s1. The van der Waals surface area contributed by atoms with E-state index >= 15 is 8.78 Å². The molecule has 13 nitrogen and oxygen atoms in total. The van der Waals surface area contributed by atoms with Gasteiger partial charge in [-0.2, -0.15) is 5.10 Å². The average molecular weight is 837 g/mol. The van der Waals surface area contributed by atoms with E-state index in [0.29, 0.717) is 51.9 Å². The number of fused-ring (bicyclic) bond motifs is 3. The first kappa shape index (κ1) is 39.0. The molecule has 8 heterocycles. The zero-order valence-corrected chi connectivity index (χ0v) is 34.7. The van der Waals surface area contributed by atoms with Crippen molar-refractivity contribution in [3.63, 3.8) is 0 Å². The lowest BCUT2D eigenvalue weighted by atomic mass is 9.76. The molecule has 5 atom stereocenters. The maximum Gasteiger partial charge on any atom is 0.258 e. The lowest BCUT2D eigenvalue weighted by Gasteiger charge is -2.43. The van der Waals surface area contributed by atoms with Crippen LogP contribution in [0.3, 0.4) is 0 Å². The minimum absolute atomic E-state index is 0.0508. The van der Waals surface area contributed by atoms with Crippen LogP contribution < -0.4 is 15.1 Å². The second kappa shape index (κ2) is 14.3. The number of ether oxygens (including phenoxy) is 1. The summed E-state index contributed by atoms with van der Waals surface area (Å²) in [6, 6.07) is 12.1. The Bertz CT molecular complexity index is 2390. The van der Waals surface area contributed by atoms with Gasteiger partial charge < -0.3 is 29.5 Å². The van der Waals surface area contributed by atoms with Crippen LogP contribution in [0.5, 0.6) is 0 Å². The van der Waals surface area contributed by atoms with Crippen molar-refractivity contribution < 1.29 is 33.0 Å². The molecular formula is C46H54F2N8O5. The molecule has 61 heavy (non-hydrogen) atoms. The smallest absolute Gasteiger partial charge is 0.258 e. The normalized spacial score (nSPS) is 29.8. The fourth-order valence-electron chi connectivity index (χ4n) is 11.8. The third-order valence-electron chi connectivity index (χ3n) is 15.9. The van der Waals surface area contributed by atoms with E-state index in [1.807, 2.05) is 21.7 Å². The van der Waals surface area contributed by atoms with E-state index in [9.17, 15) is 19.5 Å². The Labute approximate surface area is 353 Å². The van der Waals surface area contributed by atoms with Gasteiger partial charge in [-0.05, 0) is 94.0 Å². The molecule has 5 aliphatic heterocycles. The van der Waals surface area contributed by atoms with Crippen LogP contribution in [0.15, 0.2) is 42.6 Å². The lowest BCUT2D eigenvalue weighted by Crippen LogP contribution is -2.51. The first-order valence-corrected chi connectivity index (χ1v) is 22.4. The number of aromatic nitrogens is 4. The third kappa shape index (κ3) is 6.30. The van der Waals surface area contributed by atoms with E-state index in [-0.39, 0.29) is 41.2 Å². The molecule has 15 heteroatoms. The fourth-order valence-corrected chi connectivity index (χ4v) is 11.8. The quantitative estimate of drug-likeness (QED) is 0.197. The molecular weight excluding hydrogens is 783 g/mol. The molecule has 0 radical (unpaired) electrons. The molecule has 3 aromatic heterocycles. The molecule has 3 unspecified atom stereocenters. The summed E-state index contributed by atoms with van der Waals surface area (Å²) in [5.74, 6) is -3.25. The monoisotopic (exact) mass is 836 g/mol. The van der Waals surface area contributed by atoms with Gasteiger partial charge in [0.1, 0.15) is 24.0 Å². The average Bonchev–Trinajstić information content (AvgIpc) is 3.76. The summed E-state index contributed by atoms with van der Waals surface area (Å²) in [4.78, 5) is 52.2. The van der Waals surface area contributed by atoms with Crippen molar-refractivity contribution in [2.45, 2.75) is 108 Å². The van der Waals surface area contributed by atoms with Crippen LogP contribution in [-0.4, -0.2) is 99.0 Å². The number of nitrogens with zero attached hydrogens (tertiary/aromatic N) is 6. The molecule has 1 spiro atoms. The van der Waals surface area contributed by atoms with Crippen molar-refractivity contribution in [2.24, 2.45) is 22.7 Å². The van der Waals surface area contributed by atoms with Crippen molar-refractivity contribution >= 4 is 40.1 Å². The Kier molecular flexibility index (Phi) is 9.16. The van der Waals surface area contributed by atoms with E-state index < -0.39 is 23.5 Å². The van der Waals surface area contributed by atoms with E-state index in [1.165, 1.54) is 0 Å². The number of pyridine rings is 1. The number of halogens is 2. The van der Waals surface area contributed by atoms with E-state index in [1.54, 1.807) is 13.1 Å². The van der Waals surface area contributed by atoms with Gasteiger partial charge in [0.05, 0.1) is 11.6 Å². The van der Waals surface area contributed by atoms with Gasteiger partial charge in [-0.25, -0.2) is 18.4 Å². The number of aliphatic hydroxyl groups excluding tert-OH is 1. The van der Waals surface area contributed by atoms with Gasteiger partial charge in [0, 0.05) is 109 Å². The summed E-state index contributed by atoms with van der Waals surface area (Å²) in [6.45, 7) is 5.77. The molecule has 6 fully saturated rings. The molecule has 1 aromatic carbocycles.